The molecular weight excluding hydrogens is 258 g/mol. The van der Waals surface area contributed by atoms with E-state index in [0.29, 0.717) is 19.0 Å². The summed E-state index contributed by atoms with van der Waals surface area (Å²) < 4.78 is 25.9. The Kier molecular flexibility index (Phi) is 3.40. The number of sulfonamides is 1. The van der Waals surface area contributed by atoms with Gasteiger partial charge in [0.25, 0.3) is 10.0 Å². The monoisotopic (exact) mass is 273 g/mol. The fourth-order valence-corrected chi connectivity index (χ4v) is 3.70. The fourth-order valence-electron chi connectivity index (χ4n) is 2.10. The third kappa shape index (κ3) is 2.13. The Morgan fingerprint density at radius 3 is 2.94 bits per heavy atom. The molecule has 1 fully saturated rings. The van der Waals surface area contributed by atoms with Crippen molar-refractivity contribution in [3.05, 3.63) is 11.8 Å². The lowest BCUT2D eigenvalue weighted by molar-refractivity contribution is 0.0692. The largest absolute Gasteiger partial charge is 0.478 e. The minimum absolute atomic E-state index is 0.310. The van der Waals surface area contributed by atoms with E-state index in [9.17, 15) is 13.2 Å². The number of rotatable bonds is 4. The van der Waals surface area contributed by atoms with Crippen LogP contribution < -0.4 is 0 Å². The van der Waals surface area contributed by atoms with E-state index in [-0.39, 0.29) is 10.6 Å². The van der Waals surface area contributed by atoms with Gasteiger partial charge >= 0.3 is 5.97 Å². The van der Waals surface area contributed by atoms with Gasteiger partial charge in [-0.3, -0.25) is 5.10 Å². The van der Waals surface area contributed by atoms with Crippen molar-refractivity contribution in [2.24, 2.45) is 5.92 Å². The number of hydrogen-bond acceptors (Lipinski definition) is 4. The van der Waals surface area contributed by atoms with Crippen LogP contribution in [0.2, 0.25) is 0 Å². The highest BCUT2D eigenvalue weighted by Gasteiger charge is 2.35. The van der Waals surface area contributed by atoms with Crippen molar-refractivity contribution in [3.8, 4) is 0 Å². The van der Waals surface area contributed by atoms with Gasteiger partial charge in [0.15, 0.2) is 5.03 Å². The maximum Gasteiger partial charge on any atom is 0.340 e. The maximum atomic E-state index is 12.3. The van der Waals surface area contributed by atoms with E-state index in [1.54, 1.807) is 0 Å². The van der Waals surface area contributed by atoms with E-state index < -0.39 is 16.0 Å². The molecule has 100 valence electrons. The number of hydrogen-bond donors (Lipinski definition) is 2. The van der Waals surface area contributed by atoms with Gasteiger partial charge in [-0.2, -0.15) is 9.40 Å². The number of nitrogens with one attached hydrogen (secondary N) is 1. The van der Waals surface area contributed by atoms with Gasteiger partial charge in [-0.25, -0.2) is 13.2 Å². The lowest BCUT2D eigenvalue weighted by atomic mass is 10.1. The number of nitrogens with zero attached hydrogens (tertiary/aromatic N) is 2. The summed E-state index contributed by atoms with van der Waals surface area (Å²) >= 11 is 0. The molecule has 2 heterocycles. The second kappa shape index (κ2) is 4.69. The molecule has 2 N–H and O–H groups in total. The highest BCUT2D eigenvalue weighted by molar-refractivity contribution is 7.89. The molecule has 0 saturated carbocycles. The SMILES string of the molecule is CCC1CCN(S(=O)(=O)c2[nH]ncc2C(=O)O)C1. The molecule has 0 radical (unpaired) electrons. The third-order valence-corrected chi connectivity index (χ3v) is 5.10. The summed E-state index contributed by atoms with van der Waals surface area (Å²) in [5.41, 5.74) is -0.310. The van der Waals surface area contributed by atoms with Crippen LogP contribution in [0.15, 0.2) is 11.2 Å². The molecule has 8 heteroatoms. The molecule has 0 aromatic carbocycles. The van der Waals surface area contributed by atoms with Gasteiger partial charge in [-0.15, -0.1) is 0 Å². The van der Waals surface area contributed by atoms with E-state index in [0.717, 1.165) is 19.0 Å². The van der Waals surface area contributed by atoms with Crippen molar-refractivity contribution >= 4 is 16.0 Å². The molecular formula is C10H15N3O4S. The summed E-state index contributed by atoms with van der Waals surface area (Å²) in [6.07, 6.45) is 2.75. The molecule has 18 heavy (non-hydrogen) atoms. The fraction of sp³-hybridized carbons (Fsp3) is 0.600. The van der Waals surface area contributed by atoms with Gasteiger partial charge in [-0.05, 0) is 12.3 Å². The average Bonchev–Trinajstić information content (AvgIpc) is 2.98. The Morgan fingerprint density at radius 1 is 1.67 bits per heavy atom. The van der Waals surface area contributed by atoms with Crippen LogP contribution in [-0.2, 0) is 10.0 Å². The van der Waals surface area contributed by atoms with Crippen molar-refractivity contribution in [1.29, 1.82) is 0 Å². The number of aromatic nitrogens is 2. The first-order valence-electron chi connectivity index (χ1n) is 5.73. The Hall–Kier alpha value is -1.41. The van der Waals surface area contributed by atoms with Crippen LogP contribution in [0.3, 0.4) is 0 Å². The second-order valence-corrected chi connectivity index (χ2v) is 6.22. The van der Waals surface area contributed by atoms with Crippen LogP contribution >= 0.6 is 0 Å². The molecule has 1 saturated heterocycles. The van der Waals surface area contributed by atoms with Gasteiger partial charge in [0.1, 0.15) is 5.56 Å². The van der Waals surface area contributed by atoms with Crippen molar-refractivity contribution in [2.45, 2.75) is 24.8 Å². The molecule has 1 unspecified atom stereocenters. The molecule has 2 rings (SSSR count). The number of aromatic amines is 1. The summed E-state index contributed by atoms with van der Waals surface area (Å²) in [5, 5.41) is 14.4. The zero-order valence-electron chi connectivity index (χ0n) is 9.96. The standard InChI is InChI=1S/C10H15N3O4S/c1-2-7-3-4-13(6-7)18(16,17)9-8(10(14)15)5-11-12-9/h5,7H,2-4,6H2,1H3,(H,11,12)(H,14,15). The topological polar surface area (TPSA) is 103 Å². The van der Waals surface area contributed by atoms with Crippen LogP contribution in [0, 0.1) is 5.92 Å². The highest BCUT2D eigenvalue weighted by atomic mass is 32.2. The normalized spacial score (nSPS) is 21.3. The Balaban J connectivity index is 2.32. The second-order valence-electron chi connectivity index (χ2n) is 4.34. The zero-order chi connectivity index (χ0) is 13.3. The Labute approximate surface area is 105 Å². The quantitative estimate of drug-likeness (QED) is 0.832. The van der Waals surface area contributed by atoms with Crippen LogP contribution in [0.4, 0.5) is 0 Å². The summed E-state index contributed by atoms with van der Waals surface area (Å²) in [6.45, 7) is 2.88. The molecule has 1 aromatic rings. The average molecular weight is 273 g/mol. The summed E-state index contributed by atoms with van der Waals surface area (Å²) in [4.78, 5) is 10.9. The van der Waals surface area contributed by atoms with Crippen molar-refractivity contribution < 1.29 is 18.3 Å². The molecule has 1 aliphatic heterocycles. The van der Waals surface area contributed by atoms with Crippen LogP contribution in [0.5, 0.6) is 0 Å². The molecule has 1 aliphatic rings. The predicted octanol–water partition coefficient (Wildman–Crippen LogP) is 0.528. The minimum atomic E-state index is -3.78. The van der Waals surface area contributed by atoms with E-state index in [4.69, 9.17) is 5.11 Å². The first-order chi connectivity index (χ1) is 8.46. The third-order valence-electron chi connectivity index (χ3n) is 3.26. The first kappa shape index (κ1) is 13.0. The smallest absolute Gasteiger partial charge is 0.340 e. The van der Waals surface area contributed by atoms with Crippen molar-refractivity contribution in [3.63, 3.8) is 0 Å². The van der Waals surface area contributed by atoms with Gasteiger partial charge in [0, 0.05) is 13.1 Å². The highest BCUT2D eigenvalue weighted by Crippen LogP contribution is 2.26. The van der Waals surface area contributed by atoms with E-state index >= 15 is 0 Å². The number of carboxylic acids is 1. The lowest BCUT2D eigenvalue weighted by Crippen LogP contribution is -2.30. The molecule has 0 aliphatic carbocycles. The van der Waals surface area contributed by atoms with Crippen molar-refractivity contribution in [1.82, 2.24) is 14.5 Å². The van der Waals surface area contributed by atoms with Gasteiger partial charge < -0.3 is 5.11 Å². The van der Waals surface area contributed by atoms with Gasteiger partial charge in [0.05, 0.1) is 6.20 Å². The molecule has 0 bridgehead atoms. The first-order valence-corrected chi connectivity index (χ1v) is 7.17. The van der Waals surface area contributed by atoms with Crippen molar-refractivity contribution in [2.75, 3.05) is 13.1 Å². The molecule has 1 aromatic heterocycles. The van der Waals surface area contributed by atoms with E-state index in [2.05, 4.69) is 10.2 Å². The number of carbonyl (C=O) groups is 1. The van der Waals surface area contributed by atoms with Crippen LogP contribution in [-0.4, -0.2) is 47.1 Å². The lowest BCUT2D eigenvalue weighted by Gasteiger charge is -2.15. The molecule has 7 nitrogen and oxygen atoms in total. The van der Waals surface area contributed by atoms with E-state index in [1.165, 1.54) is 4.31 Å². The number of aromatic carboxylic acids is 1. The Morgan fingerprint density at radius 2 is 2.39 bits per heavy atom. The maximum absolute atomic E-state index is 12.3. The molecule has 0 amide bonds. The minimum Gasteiger partial charge on any atom is -0.478 e. The van der Waals surface area contributed by atoms with Crippen LogP contribution in [0.25, 0.3) is 0 Å². The van der Waals surface area contributed by atoms with Gasteiger partial charge in [0.2, 0.25) is 0 Å². The summed E-state index contributed by atoms with van der Waals surface area (Å²) in [6, 6.07) is 0. The van der Waals surface area contributed by atoms with Gasteiger partial charge in [-0.1, -0.05) is 13.3 Å². The summed E-state index contributed by atoms with van der Waals surface area (Å²) in [5.74, 6) is -0.954. The number of carboxylic acid groups (broad SMARTS) is 1. The van der Waals surface area contributed by atoms with Crippen LogP contribution in [0.1, 0.15) is 30.1 Å². The predicted molar refractivity (Wildman–Crippen MR) is 62.7 cm³/mol. The van der Waals surface area contributed by atoms with E-state index in [1.807, 2.05) is 6.92 Å². The molecule has 0 spiro atoms. The zero-order valence-corrected chi connectivity index (χ0v) is 10.8. The molecule has 1 atom stereocenters. The summed E-state index contributed by atoms with van der Waals surface area (Å²) in [7, 11) is -3.78. The number of H-pyrrole nitrogens is 1. The Bertz CT molecular complexity index is 551.